The molecule has 0 saturated carbocycles. The Morgan fingerprint density at radius 3 is 2.59 bits per heavy atom. The maximum Gasteiger partial charge on any atom is 0.0431 e. The molecular weight excluding hydrogens is 212 g/mol. The standard InChI is InChI=1S/C14H30N2O/c1-3-8-15-13(2)14-6-10-16(11-7-14)9-4-5-12-17/h13-15,17H,3-12H2,1-2H3. The van der Waals surface area contributed by atoms with Crippen molar-refractivity contribution in [3.05, 3.63) is 0 Å². The summed E-state index contributed by atoms with van der Waals surface area (Å²) in [6.07, 6.45) is 5.98. The molecule has 1 aliphatic heterocycles. The van der Waals surface area contributed by atoms with Gasteiger partial charge in [0, 0.05) is 12.6 Å². The van der Waals surface area contributed by atoms with Gasteiger partial charge in [-0.1, -0.05) is 6.92 Å². The first kappa shape index (κ1) is 14.9. The van der Waals surface area contributed by atoms with Crippen LogP contribution in [0.15, 0.2) is 0 Å². The molecule has 0 amide bonds. The summed E-state index contributed by atoms with van der Waals surface area (Å²) in [5.74, 6) is 0.857. The van der Waals surface area contributed by atoms with Crippen molar-refractivity contribution in [2.45, 2.75) is 52.0 Å². The molecule has 1 unspecified atom stereocenters. The highest BCUT2D eigenvalue weighted by molar-refractivity contribution is 4.79. The lowest BCUT2D eigenvalue weighted by molar-refractivity contribution is 0.157. The van der Waals surface area contributed by atoms with Crippen LogP contribution >= 0.6 is 0 Å². The maximum absolute atomic E-state index is 8.77. The summed E-state index contributed by atoms with van der Waals surface area (Å²) in [5, 5.41) is 12.4. The van der Waals surface area contributed by atoms with Gasteiger partial charge in [0.15, 0.2) is 0 Å². The van der Waals surface area contributed by atoms with E-state index >= 15 is 0 Å². The zero-order chi connectivity index (χ0) is 12.5. The first-order valence-electron chi connectivity index (χ1n) is 7.34. The smallest absolute Gasteiger partial charge is 0.0431 e. The monoisotopic (exact) mass is 242 g/mol. The third-order valence-corrected chi connectivity index (χ3v) is 3.94. The van der Waals surface area contributed by atoms with Crippen LogP contribution in [0.1, 0.15) is 46.0 Å². The molecular formula is C14H30N2O. The Bertz CT molecular complexity index is 179. The molecule has 0 radical (unpaired) electrons. The third-order valence-electron chi connectivity index (χ3n) is 3.94. The fraction of sp³-hybridized carbons (Fsp3) is 1.00. The molecule has 2 N–H and O–H groups in total. The van der Waals surface area contributed by atoms with Crippen molar-refractivity contribution < 1.29 is 5.11 Å². The van der Waals surface area contributed by atoms with Crippen molar-refractivity contribution in [2.24, 2.45) is 5.92 Å². The van der Waals surface area contributed by atoms with Crippen molar-refractivity contribution in [3.8, 4) is 0 Å². The number of likely N-dealkylation sites (tertiary alicyclic amines) is 1. The van der Waals surface area contributed by atoms with Gasteiger partial charge in [0.25, 0.3) is 0 Å². The molecule has 1 fully saturated rings. The van der Waals surface area contributed by atoms with Crippen molar-refractivity contribution in [1.29, 1.82) is 0 Å². The Hall–Kier alpha value is -0.120. The van der Waals surface area contributed by atoms with Gasteiger partial charge in [-0.15, -0.1) is 0 Å². The van der Waals surface area contributed by atoms with Crippen LogP contribution in [0.5, 0.6) is 0 Å². The fourth-order valence-corrected chi connectivity index (χ4v) is 2.66. The minimum atomic E-state index is 0.342. The van der Waals surface area contributed by atoms with Gasteiger partial charge >= 0.3 is 0 Å². The number of hydrogen-bond donors (Lipinski definition) is 2. The number of aliphatic hydroxyl groups excluding tert-OH is 1. The Morgan fingerprint density at radius 1 is 1.29 bits per heavy atom. The van der Waals surface area contributed by atoms with Crippen LogP contribution in [-0.4, -0.2) is 48.8 Å². The number of nitrogens with zero attached hydrogens (tertiary/aromatic N) is 1. The molecule has 102 valence electrons. The molecule has 3 heteroatoms. The van der Waals surface area contributed by atoms with E-state index < -0.39 is 0 Å². The molecule has 1 saturated heterocycles. The lowest BCUT2D eigenvalue weighted by atomic mass is 9.90. The molecule has 0 spiro atoms. The summed E-state index contributed by atoms with van der Waals surface area (Å²) in [5.41, 5.74) is 0. The molecule has 0 aromatic heterocycles. The Kier molecular flexibility index (Phi) is 7.82. The lowest BCUT2D eigenvalue weighted by Gasteiger charge is -2.35. The highest BCUT2D eigenvalue weighted by atomic mass is 16.2. The molecule has 1 atom stereocenters. The third kappa shape index (κ3) is 5.84. The zero-order valence-electron chi connectivity index (χ0n) is 11.6. The van der Waals surface area contributed by atoms with E-state index in [0.29, 0.717) is 12.6 Å². The Balaban J connectivity index is 2.12. The molecule has 0 aromatic rings. The van der Waals surface area contributed by atoms with Gasteiger partial charge in [-0.2, -0.15) is 0 Å². The lowest BCUT2D eigenvalue weighted by Crippen LogP contribution is -2.42. The molecule has 0 aliphatic carbocycles. The van der Waals surface area contributed by atoms with E-state index in [2.05, 4.69) is 24.1 Å². The highest BCUT2D eigenvalue weighted by Gasteiger charge is 2.22. The molecule has 1 aliphatic rings. The molecule has 0 bridgehead atoms. The topological polar surface area (TPSA) is 35.5 Å². The SMILES string of the molecule is CCCNC(C)C1CCN(CCCCO)CC1. The predicted molar refractivity (Wildman–Crippen MR) is 73.2 cm³/mol. The van der Waals surface area contributed by atoms with Crippen molar-refractivity contribution in [2.75, 3.05) is 32.8 Å². The van der Waals surface area contributed by atoms with Gasteiger partial charge in [0.2, 0.25) is 0 Å². The van der Waals surface area contributed by atoms with Gasteiger partial charge < -0.3 is 15.3 Å². The molecule has 1 heterocycles. The minimum Gasteiger partial charge on any atom is -0.396 e. The number of unbranched alkanes of at least 4 members (excludes halogenated alkanes) is 1. The van der Waals surface area contributed by atoms with E-state index in [0.717, 1.165) is 25.3 Å². The second-order valence-electron chi connectivity index (χ2n) is 5.35. The van der Waals surface area contributed by atoms with E-state index in [4.69, 9.17) is 5.11 Å². The first-order chi connectivity index (χ1) is 8.27. The average Bonchev–Trinajstić information content (AvgIpc) is 2.37. The quantitative estimate of drug-likeness (QED) is 0.638. The van der Waals surface area contributed by atoms with Crippen LogP contribution in [0.3, 0.4) is 0 Å². The van der Waals surface area contributed by atoms with Crippen molar-refractivity contribution in [1.82, 2.24) is 10.2 Å². The van der Waals surface area contributed by atoms with E-state index in [1.54, 1.807) is 0 Å². The summed E-state index contributed by atoms with van der Waals surface area (Å²) in [4.78, 5) is 2.55. The summed E-state index contributed by atoms with van der Waals surface area (Å²) >= 11 is 0. The maximum atomic E-state index is 8.77. The number of nitrogens with one attached hydrogen (secondary N) is 1. The van der Waals surface area contributed by atoms with Crippen molar-refractivity contribution in [3.63, 3.8) is 0 Å². The summed E-state index contributed by atoms with van der Waals surface area (Å²) in [7, 11) is 0. The minimum absolute atomic E-state index is 0.342. The first-order valence-corrected chi connectivity index (χ1v) is 7.34. The average molecular weight is 242 g/mol. The van der Waals surface area contributed by atoms with Gasteiger partial charge in [-0.3, -0.25) is 0 Å². The van der Waals surface area contributed by atoms with E-state index in [-0.39, 0.29) is 0 Å². The second kappa shape index (κ2) is 8.90. The van der Waals surface area contributed by atoms with E-state index in [1.165, 1.54) is 38.9 Å². The Labute approximate surface area is 107 Å². The van der Waals surface area contributed by atoms with Crippen LogP contribution < -0.4 is 5.32 Å². The normalized spacial score (nSPS) is 20.6. The van der Waals surface area contributed by atoms with Gasteiger partial charge in [0.1, 0.15) is 0 Å². The Morgan fingerprint density at radius 2 is 2.00 bits per heavy atom. The highest BCUT2D eigenvalue weighted by Crippen LogP contribution is 2.20. The molecule has 17 heavy (non-hydrogen) atoms. The number of aliphatic hydroxyl groups is 1. The number of rotatable bonds is 8. The van der Waals surface area contributed by atoms with Crippen molar-refractivity contribution >= 4 is 0 Å². The molecule has 3 nitrogen and oxygen atoms in total. The van der Waals surface area contributed by atoms with Crippen LogP contribution in [0.2, 0.25) is 0 Å². The summed E-state index contributed by atoms with van der Waals surface area (Å²) in [6, 6.07) is 0.676. The van der Waals surface area contributed by atoms with Crippen LogP contribution in [0.25, 0.3) is 0 Å². The van der Waals surface area contributed by atoms with E-state index in [1.807, 2.05) is 0 Å². The number of hydrogen-bond acceptors (Lipinski definition) is 3. The predicted octanol–water partition coefficient (Wildman–Crippen LogP) is 1.86. The van der Waals surface area contributed by atoms with E-state index in [9.17, 15) is 0 Å². The van der Waals surface area contributed by atoms with Gasteiger partial charge in [-0.25, -0.2) is 0 Å². The van der Waals surface area contributed by atoms with Crippen LogP contribution in [0.4, 0.5) is 0 Å². The second-order valence-corrected chi connectivity index (χ2v) is 5.35. The van der Waals surface area contributed by atoms with Gasteiger partial charge in [-0.05, 0) is 71.1 Å². The molecule has 1 rings (SSSR count). The zero-order valence-corrected chi connectivity index (χ0v) is 11.6. The number of piperidine rings is 1. The summed E-state index contributed by atoms with van der Waals surface area (Å²) in [6.45, 7) is 9.71. The molecule has 0 aromatic carbocycles. The van der Waals surface area contributed by atoms with Gasteiger partial charge in [0.05, 0.1) is 0 Å². The summed E-state index contributed by atoms with van der Waals surface area (Å²) < 4.78 is 0. The fourth-order valence-electron chi connectivity index (χ4n) is 2.66. The van der Waals surface area contributed by atoms with Crippen LogP contribution in [0, 0.1) is 5.92 Å². The van der Waals surface area contributed by atoms with Crippen LogP contribution in [-0.2, 0) is 0 Å². The largest absolute Gasteiger partial charge is 0.396 e.